The highest BCUT2D eigenvalue weighted by molar-refractivity contribution is 9.12. The van der Waals surface area contributed by atoms with E-state index in [1.165, 1.54) is 12.2 Å². The maximum Gasteiger partial charge on any atom is 0.262 e. The van der Waals surface area contributed by atoms with E-state index < -0.39 is 5.54 Å². The van der Waals surface area contributed by atoms with Crippen LogP contribution in [-0.4, -0.2) is 29.2 Å². The summed E-state index contributed by atoms with van der Waals surface area (Å²) in [6.45, 7) is 0. The molecule has 0 saturated heterocycles. The fraction of sp³-hybridized carbons (Fsp3) is 0.125. The lowest BCUT2D eigenvalue weighted by Gasteiger charge is -2.34. The highest BCUT2D eigenvalue weighted by Gasteiger charge is 2.47. The Balaban J connectivity index is 2.23. The van der Waals surface area contributed by atoms with Crippen LogP contribution in [0.1, 0.15) is 5.56 Å². The average Bonchev–Trinajstić information content (AvgIpc) is 2.65. The number of allylic oxidation sites excluding steroid dienone is 2. The predicted octanol–water partition coefficient (Wildman–Crippen LogP) is 2.70. The second-order valence-corrected chi connectivity index (χ2v) is 5.61. The first-order chi connectivity index (χ1) is 9.56. The number of rotatable bonds is 1. The third kappa shape index (κ3) is 1.72. The summed E-state index contributed by atoms with van der Waals surface area (Å²) < 4.78 is 0.537. The molecule has 0 N–H and O–H groups in total. The van der Waals surface area contributed by atoms with Gasteiger partial charge in [-0.05, 0) is 45.8 Å². The van der Waals surface area contributed by atoms with Gasteiger partial charge in [0, 0.05) is 12.6 Å². The summed E-state index contributed by atoms with van der Waals surface area (Å²) in [6, 6.07) is 9.72. The molecule has 0 aromatic heterocycles. The van der Waals surface area contributed by atoms with E-state index in [2.05, 4.69) is 15.9 Å². The number of amides is 1. The Morgan fingerprint density at radius 1 is 1.05 bits per heavy atom. The van der Waals surface area contributed by atoms with Gasteiger partial charge in [-0.2, -0.15) is 0 Å². The normalized spacial score (nSPS) is 20.4. The van der Waals surface area contributed by atoms with Gasteiger partial charge in [-0.1, -0.05) is 30.3 Å². The molecule has 1 aliphatic carbocycles. The minimum atomic E-state index is -0.689. The highest BCUT2D eigenvalue weighted by atomic mass is 79.9. The van der Waals surface area contributed by atoms with Crippen molar-refractivity contribution in [1.29, 1.82) is 0 Å². The summed E-state index contributed by atoms with van der Waals surface area (Å²) in [6.07, 6.45) is 6.59. The fourth-order valence-electron chi connectivity index (χ4n) is 2.65. The van der Waals surface area contributed by atoms with Crippen molar-refractivity contribution in [2.75, 3.05) is 7.05 Å². The van der Waals surface area contributed by atoms with Gasteiger partial charge in [0.25, 0.3) is 5.91 Å². The Morgan fingerprint density at radius 2 is 1.65 bits per heavy atom. The molecule has 0 saturated carbocycles. The van der Waals surface area contributed by atoms with Gasteiger partial charge in [0.05, 0.1) is 4.48 Å². The van der Waals surface area contributed by atoms with Gasteiger partial charge in [-0.3, -0.25) is 9.59 Å². The van der Waals surface area contributed by atoms with Crippen LogP contribution in [0.5, 0.6) is 0 Å². The quantitative estimate of drug-likeness (QED) is 0.794. The first-order valence-corrected chi connectivity index (χ1v) is 7.02. The minimum absolute atomic E-state index is 0.0630. The summed E-state index contributed by atoms with van der Waals surface area (Å²) in [7, 11) is 1.74. The van der Waals surface area contributed by atoms with Gasteiger partial charge < -0.3 is 4.90 Å². The number of nitrogens with zero attached hydrogens (tertiary/aromatic N) is 1. The molecule has 1 aromatic rings. The summed E-state index contributed by atoms with van der Waals surface area (Å²) in [5.41, 5.74) is 1.14. The molecule has 1 amide bonds. The largest absolute Gasteiger partial charge is 0.324 e. The molecule has 3 nitrogen and oxygen atoms in total. The van der Waals surface area contributed by atoms with Crippen LogP contribution in [0.25, 0.3) is 5.57 Å². The molecule has 20 heavy (non-hydrogen) atoms. The summed E-state index contributed by atoms with van der Waals surface area (Å²) in [5, 5.41) is 0. The van der Waals surface area contributed by atoms with Gasteiger partial charge in [0.1, 0.15) is 5.54 Å². The van der Waals surface area contributed by atoms with Crippen molar-refractivity contribution in [2.24, 2.45) is 0 Å². The van der Waals surface area contributed by atoms with Gasteiger partial charge in [0.15, 0.2) is 5.78 Å². The van der Waals surface area contributed by atoms with Crippen LogP contribution in [0.3, 0.4) is 0 Å². The third-order valence-electron chi connectivity index (χ3n) is 3.73. The Kier molecular flexibility index (Phi) is 2.98. The van der Waals surface area contributed by atoms with Crippen molar-refractivity contribution >= 4 is 33.2 Å². The number of halogens is 1. The first kappa shape index (κ1) is 13.1. The Bertz CT molecular complexity index is 670. The van der Waals surface area contributed by atoms with E-state index in [1.54, 1.807) is 24.1 Å². The number of likely N-dealkylation sites (N-methyl/N-ethyl adjacent to an activating group) is 1. The number of hydrogen-bond donors (Lipinski definition) is 0. The van der Waals surface area contributed by atoms with Crippen molar-refractivity contribution < 1.29 is 9.59 Å². The zero-order valence-electron chi connectivity index (χ0n) is 10.8. The Morgan fingerprint density at radius 3 is 2.25 bits per heavy atom. The molecule has 3 rings (SSSR count). The lowest BCUT2D eigenvalue weighted by molar-refractivity contribution is -0.125. The van der Waals surface area contributed by atoms with Crippen LogP contribution in [0, 0.1) is 0 Å². The maximum absolute atomic E-state index is 12.3. The molecule has 0 fully saturated rings. The van der Waals surface area contributed by atoms with Gasteiger partial charge >= 0.3 is 0 Å². The van der Waals surface area contributed by atoms with Crippen molar-refractivity contribution in [2.45, 2.75) is 5.54 Å². The van der Waals surface area contributed by atoms with E-state index in [0.29, 0.717) is 4.48 Å². The van der Waals surface area contributed by atoms with Crippen LogP contribution in [-0.2, 0) is 9.59 Å². The molecular weight excluding hydrogens is 318 g/mol. The Hall–Kier alpha value is -1.94. The lowest BCUT2D eigenvalue weighted by atomic mass is 9.83. The summed E-state index contributed by atoms with van der Waals surface area (Å²) in [4.78, 5) is 25.4. The first-order valence-electron chi connectivity index (χ1n) is 6.22. The number of benzene rings is 1. The molecule has 0 radical (unpaired) electrons. The molecule has 1 aromatic carbocycles. The Labute approximate surface area is 125 Å². The van der Waals surface area contributed by atoms with E-state index in [0.717, 1.165) is 11.1 Å². The zero-order valence-corrected chi connectivity index (χ0v) is 12.4. The van der Waals surface area contributed by atoms with Crippen LogP contribution < -0.4 is 0 Å². The van der Waals surface area contributed by atoms with E-state index in [1.807, 2.05) is 30.3 Å². The zero-order chi connectivity index (χ0) is 14.3. The van der Waals surface area contributed by atoms with Gasteiger partial charge in [-0.25, -0.2) is 0 Å². The molecule has 0 atom stereocenters. The summed E-state index contributed by atoms with van der Waals surface area (Å²) >= 11 is 3.41. The lowest BCUT2D eigenvalue weighted by Crippen LogP contribution is -2.43. The van der Waals surface area contributed by atoms with E-state index in [4.69, 9.17) is 0 Å². The number of carbonyl (C=O) groups is 2. The second-order valence-electron chi connectivity index (χ2n) is 4.81. The number of hydrogen-bond acceptors (Lipinski definition) is 2. The van der Waals surface area contributed by atoms with Crippen molar-refractivity contribution in [1.82, 2.24) is 4.90 Å². The highest BCUT2D eigenvalue weighted by Crippen LogP contribution is 2.46. The van der Waals surface area contributed by atoms with Gasteiger partial charge in [-0.15, -0.1) is 0 Å². The van der Waals surface area contributed by atoms with Crippen LogP contribution >= 0.6 is 15.9 Å². The van der Waals surface area contributed by atoms with Crippen LogP contribution in [0.15, 0.2) is 59.1 Å². The number of carbonyl (C=O) groups excluding carboxylic acids is 2. The molecular formula is C16H12BrNO2. The minimum Gasteiger partial charge on any atom is -0.324 e. The van der Waals surface area contributed by atoms with Gasteiger partial charge in [0.2, 0.25) is 0 Å². The van der Waals surface area contributed by atoms with E-state index in [-0.39, 0.29) is 11.7 Å². The standard InChI is InChI=1S/C16H12BrNO2/c1-18-15(20)14(17)13(11-5-3-2-4-6-11)16(18)9-7-12(19)8-10-16/h2-10H,1H3. The maximum atomic E-state index is 12.3. The fourth-order valence-corrected chi connectivity index (χ4v) is 3.46. The molecule has 1 heterocycles. The molecule has 2 aliphatic rings. The van der Waals surface area contributed by atoms with Crippen molar-refractivity contribution in [3.8, 4) is 0 Å². The number of ketones is 1. The van der Waals surface area contributed by atoms with Crippen molar-refractivity contribution in [3.05, 3.63) is 64.7 Å². The molecule has 1 aliphatic heterocycles. The van der Waals surface area contributed by atoms with Crippen LogP contribution in [0.4, 0.5) is 0 Å². The molecule has 0 unspecified atom stereocenters. The average molecular weight is 330 g/mol. The van der Waals surface area contributed by atoms with Crippen molar-refractivity contribution in [3.63, 3.8) is 0 Å². The SMILES string of the molecule is CN1C(=O)C(Br)=C(c2ccccc2)C12C=CC(=O)C=C2. The molecule has 100 valence electrons. The molecule has 4 heteroatoms. The molecule has 0 bridgehead atoms. The smallest absolute Gasteiger partial charge is 0.262 e. The molecule has 1 spiro atoms. The van der Waals surface area contributed by atoms with Crippen LogP contribution in [0.2, 0.25) is 0 Å². The monoisotopic (exact) mass is 329 g/mol. The topological polar surface area (TPSA) is 37.4 Å². The summed E-state index contributed by atoms with van der Waals surface area (Å²) in [5.74, 6) is -0.153. The second kappa shape index (κ2) is 4.56. The van der Waals surface area contributed by atoms with E-state index in [9.17, 15) is 9.59 Å². The predicted molar refractivity (Wildman–Crippen MR) is 81.1 cm³/mol. The third-order valence-corrected chi connectivity index (χ3v) is 4.47. The van der Waals surface area contributed by atoms with E-state index >= 15 is 0 Å².